The summed E-state index contributed by atoms with van der Waals surface area (Å²) in [5, 5.41) is 11.4. The SMILES string of the molecule is O=C(O)CCc1csc(-c2ccc(Br)cc2)n1. The van der Waals surface area contributed by atoms with Crippen molar-refractivity contribution in [1.82, 2.24) is 4.98 Å². The predicted octanol–water partition coefficient (Wildman–Crippen LogP) is 3.59. The Hall–Kier alpha value is -1.20. The molecule has 1 aromatic heterocycles. The van der Waals surface area contributed by atoms with E-state index in [0.29, 0.717) is 6.42 Å². The average molecular weight is 312 g/mol. The number of hydrogen-bond donors (Lipinski definition) is 1. The first-order valence-corrected chi connectivity index (χ1v) is 6.74. The summed E-state index contributed by atoms with van der Waals surface area (Å²) in [6.45, 7) is 0. The number of carbonyl (C=O) groups is 1. The summed E-state index contributed by atoms with van der Waals surface area (Å²) in [5.74, 6) is -0.789. The fraction of sp³-hybridized carbons (Fsp3) is 0.167. The van der Waals surface area contributed by atoms with Gasteiger partial charge in [-0.25, -0.2) is 4.98 Å². The Morgan fingerprint density at radius 2 is 2.06 bits per heavy atom. The molecular weight excluding hydrogens is 302 g/mol. The summed E-state index contributed by atoms with van der Waals surface area (Å²) in [5.41, 5.74) is 1.90. The minimum atomic E-state index is -0.789. The molecule has 1 heterocycles. The van der Waals surface area contributed by atoms with Gasteiger partial charge in [0.05, 0.1) is 12.1 Å². The first kappa shape index (κ1) is 12.3. The summed E-state index contributed by atoms with van der Waals surface area (Å²) in [6, 6.07) is 7.91. The first-order valence-electron chi connectivity index (χ1n) is 5.07. The zero-order valence-electron chi connectivity index (χ0n) is 8.89. The van der Waals surface area contributed by atoms with Crippen LogP contribution in [0.25, 0.3) is 10.6 Å². The van der Waals surface area contributed by atoms with Gasteiger partial charge in [0.15, 0.2) is 0 Å². The number of nitrogens with zero attached hydrogens (tertiary/aromatic N) is 1. The standard InChI is InChI=1S/C12H10BrNO2S/c13-9-3-1-8(2-4-9)12-14-10(7-17-12)5-6-11(15)16/h1-4,7H,5-6H2,(H,15,16). The normalized spacial score (nSPS) is 10.4. The van der Waals surface area contributed by atoms with Crippen LogP contribution in [0.5, 0.6) is 0 Å². The molecule has 17 heavy (non-hydrogen) atoms. The lowest BCUT2D eigenvalue weighted by Gasteiger charge is -1.96. The largest absolute Gasteiger partial charge is 0.481 e. The van der Waals surface area contributed by atoms with Gasteiger partial charge in [-0.05, 0) is 12.1 Å². The van der Waals surface area contributed by atoms with Crippen LogP contribution in [0, 0.1) is 0 Å². The monoisotopic (exact) mass is 311 g/mol. The number of aliphatic carboxylic acids is 1. The van der Waals surface area contributed by atoms with Crippen molar-refractivity contribution >= 4 is 33.2 Å². The maximum absolute atomic E-state index is 10.5. The van der Waals surface area contributed by atoms with E-state index in [0.717, 1.165) is 20.7 Å². The summed E-state index contributed by atoms with van der Waals surface area (Å²) in [7, 11) is 0. The van der Waals surface area contributed by atoms with Crippen molar-refractivity contribution in [2.24, 2.45) is 0 Å². The molecule has 0 fully saturated rings. The lowest BCUT2D eigenvalue weighted by Crippen LogP contribution is -1.97. The van der Waals surface area contributed by atoms with Gasteiger partial charge in [-0.3, -0.25) is 4.79 Å². The Balaban J connectivity index is 2.12. The van der Waals surface area contributed by atoms with E-state index in [1.165, 1.54) is 0 Å². The van der Waals surface area contributed by atoms with Gasteiger partial charge in [0.25, 0.3) is 0 Å². The van der Waals surface area contributed by atoms with E-state index in [1.54, 1.807) is 11.3 Å². The zero-order valence-corrected chi connectivity index (χ0v) is 11.3. The van der Waals surface area contributed by atoms with Gasteiger partial charge in [0.2, 0.25) is 0 Å². The predicted molar refractivity (Wildman–Crippen MR) is 71.2 cm³/mol. The highest BCUT2D eigenvalue weighted by Crippen LogP contribution is 2.25. The van der Waals surface area contributed by atoms with Gasteiger partial charge in [0.1, 0.15) is 5.01 Å². The number of carboxylic acid groups (broad SMARTS) is 1. The molecule has 1 aromatic carbocycles. The molecule has 3 nitrogen and oxygen atoms in total. The zero-order chi connectivity index (χ0) is 12.3. The molecule has 0 aliphatic rings. The molecule has 0 radical (unpaired) electrons. The van der Waals surface area contributed by atoms with E-state index < -0.39 is 5.97 Å². The van der Waals surface area contributed by atoms with Crippen molar-refractivity contribution in [3.63, 3.8) is 0 Å². The minimum absolute atomic E-state index is 0.128. The molecule has 0 saturated carbocycles. The van der Waals surface area contributed by atoms with Crippen LogP contribution in [0.1, 0.15) is 12.1 Å². The fourth-order valence-electron chi connectivity index (χ4n) is 1.38. The lowest BCUT2D eigenvalue weighted by molar-refractivity contribution is -0.136. The number of carboxylic acids is 1. The molecule has 2 rings (SSSR count). The van der Waals surface area contributed by atoms with E-state index in [9.17, 15) is 4.79 Å². The molecule has 5 heteroatoms. The van der Waals surface area contributed by atoms with Gasteiger partial charge < -0.3 is 5.11 Å². The van der Waals surface area contributed by atoms with Crippen LogP contribution in [0.2, 0.25) is 0 Å². The van der Waals surface area contributed by atoms with Crippen molar-refractivity contribution < 1.29 is 9.90 Å². The van der Waals surface area contributed by atoms with E-state index in [2.05, 4.69) is 20.9 Å². The van der Waals surface area contributed by atoms with Crippen LogP contribution in [0.3, 0.4) is 0 Å². The summed E-state index contributed by atoms with van der Waals surface area (Å²) in [4.78, 5) is 14.9. The molecule has 0 amide bonds. The summed E-state index contributed by atoms with van der Waals surface area (Å²) in [6.07, 6.45) is 0.617. The minimum Gasteiger partial charge on any atom is -0.481 e. The second-order valence-electron chi connectivity index (χ2n) is 3.54. The summed E-state index contributed by atoms with van der Waals surface area (Å²) < 4.78 is 1.03. The topological polar surface area (TPSA) is 50.2 Å². The Kier molecular flexibility index (Phi) is 3.91. The van der Waals surface area contributed by atoms with Crippen LogP contribution in [-0.4, -0.2) is 16.1 Å². The van der Waals surface area contributed by atoms with Crippen LogP contribution in [0.15, 0.2) is 34.1 Å². The highest BCUT2D eigenvalue weighted by molar-refractivity contribution is 9.10. The molecule has 88 valence electrons. The maximum Gasteiger partial charge on any atom is 0.303 e. The van der Waals surface area contributed by atoms with Crippen LogP contribution < -0.4 is 0 Å². The molecule has 0 spiro atoms. The number of thiazole rings is 1. The molecule has 0 aliphatic carbocycles. The molecule has 0 bridgehead atoms. The molecule has 0 atom stereocenters. The van der Waals surface area contributed by atoms with Crippen LogP contribution in [-0.2, 0) is 11.2 Å². The number of halogens is 1. The number of aromatic nitrogens is 1. The lowest BCUT2D eigenvalue weighted by atomic mass is 10.2. The van der Waals surface area contributed by atoms with Crippen LogP contribution >= 0.6 is 27.3 Å². The smallest absolute Gasteiger partial charge is 0.303 e. The number of hydrogen-bond acceptors (Lipinski definition) is 3. The van der Waals surface area contributed by atoms with Gasteiger partial charge in [-0.1, -0.05) is 28.1 Å². The molecular formula is C12H10BrNO2S. The number of aryl methyl sites for hydroxylation is 1. The number of benzene rings is 1. The maximum atomic E-state index is 10.5. The third-order valence-electron chi connectivity index (χ3n) is 2.24. The Morgan fingerprint density at radius 1 is 1.35 bits per heavy atom. The third-order valence-corrected chi connectivity index (χ3v) is 3.71. The highest BCUT2D eigenvalue weighted by Gasteiger charge is 2.06. The first-order chi connectivity index (χ1) is 8.15. The highest BCUT2D eigenvalue weighted by atomic mass is 79.9. The Labute approximate surface area is 111 Å². The quantitative estimate of drug-likeness (QED) is 0.938. The van der Waals surface area contributed by atoms with Crippen molar-refractivity contribution in [1.29, 1.82) is 0 Å². The molecule has 0 saturated heterocycles. The van der Waals surface area contributed by atoms with E-state index >= 15 is 0 Å². The summed E-state index contributed by atoms with van der Waals surface area (Å²) >= 11 is 4.92. The van der Waals surface area contributed by atoms with E-state index in [1.807, 2.05) is 29.6 Å². The second-order valence-corrected chi connectivity index (χ2v) is 5.32. The third kappa shape index (κ3) is 3.38. The fourth-order valence-corrected chi connectivity index (χ4v) is 2.51. The van der Waals surface area contributed by atoms with Crippen molar-refractivity contribution in [3.05, 3.63) is 39.8 Å². The Bertz CT molecular complexity index is 522. The van der Waals surface area contributed by atoms with E-state index in [-0.39, 0.29) is 6.42 Å². The average Bonchev–Trinajstić information content (AvgIpc) is 2.76. The van der Waals surface area contributed by atoms with Gasteiger partial charge in [-0.2, -0.15) is 0 Å². The van der Waals surface area contributed by atoms with Gasteiger partial charge in [-0.15, -0.1) is 11.3 Å². The Morgan fingerprint density at radius 3 is 2.71 bits per heavy atom. The molecule has 1 N–H and O–H groups in total. The molecule has 0 unspecified atom stereocenters. The van der Waals surface area contributed by atoms with Gasteiger partial charge in [0, 0.05) is 21.8 Å². The second kappa shape index (κ2) is 5.42. The van der Waals surface area contributed by atoms with Crippen molar-refractivity contribution in [2.45, 2.75) is 12.8 Å². The molecule has 0 aliphatic heterocycles. The van der Waals surface area contributed by atoms with Gasteiger partial charge >= 0.3 is 5.97 Å². The van der Waals surface area contributed by atoms with E-state index in [4.69, 9.17) is 5.11 Å². The van der Waals surface area contributed by atoms with Crippen LogP contribution in [0.4, 0.5) is 0 Å². The molecule has 2 aromatic rings. The number of rotatable bonds is 4. The van der Waals surface area contributed by atoms with Crippen molar-refractivity contribution in [2.75, 3.05) is 0 Å². The van der Waals surface area contributed by atoms with Crippen molar-refractivity contribution in [3.8, 4) is 10.6 Å².